The molecule has 0 aliphatic carbocycles. The molecule has 0 radical (unpaired) electrons. The highest BCUT2D eigenvalue weighted by Crippen LogP contribution is 2.32. The Kier molecular flexibility index (Phi) is 8.73. The monoisotopic (exact) mass is 728 g/mol. The smallest absolute Gasteiger partial charge is 0.416 e. The molecule has 2 heterocycles. The number of benzene rings is 3. The number of alkyl halides is 4. The van der Waals surface area contributed by atoms with E-state index in [2.05, 4.69) is 63.7 Å². The highest BCUT2D eigenvalue weighted by Gasteiger charge is 2.30. The summed E-state index contributed by atoms with van der Waals surface area (Å²) >= 11 is 4.33. The first-order valence-electron chi connectivity index (χ1n) is 11.1. The van der Waals surface area contributed by atoms with E-state index in [1.807, 2.05) is 52.9 Å². The molecule has 0 atom stereocenters. The van der Waals surface area contributed by atoms with E-state index in [0.717, 1.165) is 39.1 Å². The number of nitrogens with zero attached hydrogens (tertiary/aromatic N) is 2. The molecule has 0 saturated heterocycles. The molecule has 0 saturated carbocycles. The number of rotatable bonds is 4. The third kappa shape index (κ3) is 6.81. The first-order valence-corrected chi connectivity index (χ1v) is 13.7. The molecule has 5 rings (SSSR count). The predicted octanol–water partition coefficient (Wildman–Crippen LogP) is 9.53. The lowest BCUT2D eigenvalue weighted by Crippen LogP contribution is -2.03. The van der Waals surface area contributed by atoms with E-state index in [0.29, 0.717) is 26.8 Å². The van der Waals surface area contributed by atoms with Crippen LogP contribution < -0.4 is 0 Å². The summed E-state index contributed by atoms with van der Waals surface area (Å²) in [6.07, 6.45) is -4.32. The van der Waals surface area contributed by atoms with Crippen LogP contribution in [0.25, 0.3) is 34.2 Å². The second-order valence-electron chi connectivity index (χ2n) is 8.10. The minimum absolute atomic E-state index is 0.334. The molecule has 4 nitrogen and oxygen atoms in total. The van der Waals surface area contributed by atoms with E-state index < -0.39 is 11.7 Å². The highest BCUT2D eigenvalue weighted by atomic mass is 127. The van der Waals surface area contributed by atoms with Crippen LogP contribution in [0.15, 0.2) is 87.7 Å². The summed E-state index contributed by atoms with van der Waals surface area (Å²) < 4.78 is 49.9. The number of halogens is 5. The van der Waals surface area contributed by atoms with Crippen LogP contribution >= 0.6 is 45.2 Å². The summed E-state index contributed by atoms with van der Waals surface area (Å²) in [5.74, 6) is 2.55. The van der Waals surface area contributed by atoms with Gasteiger partial charge in [0, 0.05) is 21.1 Å². The van der Waals surface area contributed by atoms with Gasteiger partial charge in [-0.2, -0.15) is 13.2 Å². The van der Waals surface area contributed by atoms with Gasteiger partial charge in [0.25, 0.3) is 0 Å². The number of hydrogen-bond acceptors (Lipinski definition) is 4. The zero-order valence-corrected chi connectivity index (χ0v) is 24.1. The average Bonchev–Trinajstić information content (AvgIpc) is 3.48. The summed E-state index contributed by atoms with van der Waals surface area (Å²) in [5.41, 5.74) is 4.17. The van der Waals surface area contributed by atoms with Gasteiger partial charge < -0.3 is 8.83 Å². The molecule has 0 aliphatic heterocycles. The van der Waals surface area contributed by atoms with Crippen molar-refractivity contribution in [3.8, 4) is 34.2 Å². The van der Waals surface area contributed by atoms with Crippen LogP contribution in [-0.4, -0.2) is 9.97 Å². The summed E-state index contributed by atoms with van der Waals surface area (Å²) in [5, 5.41) is 0. The quantitative estimate of drug-likeness (QED) is 0.137. The van der Waals surface area contributed by atoms with Gasteiger partial charge in [-0.05, 0) is 72.8 Å². The van der Waals surface area contributed by atoms with Gasteiger partial charge in [-0.3, -0.25) is 0 Å². The molecule has 37 heavy (non-hydrogen) atoms. The van der Waals surface area contributed by atoms with Gasteiger partial charge in [-0.15, -0.1) is 0 Å². The van der Waals surface area contributed by atoms with Crippen LogP contribution in [-0.2, 0) is 10.6 Å². The van der Waals surface area contributed by atoms with Gasteiger partial charge in [0.05, 0.1) is 11.3 Å². The fourth-order valence-corrected chi connectivity index (χ4v) is 4.23. The van der Waals surface area contributed by atoms with Crippen molar-refractivity contribution in [1.82, 2.24) is 9.97 Å². The van der Waals surface area contributed by atoms with Crippen LogP contribution in [0.3, 0.4) is 0 Å². The molecule has 0 spiro atoms. The average molecular weight is 728 g/mol. The molecule has 0 bridgehead atoms. The van der Waals surface area contributed by atoms with Crippen molar-refractivity contribution in [2.45, 2.75) is 24.5 Å². The maximum Gasteiger partial charge on any atom is 0.416 e. The molecule has 0 N–H and O–H groups in total. The summed E-state index contributed by atoms with van der Waals surface area (Å²) in [6, 6.07) is 23.1. The SMILES string of the molecule is Cc1ccc(-c2nc(CI)c(-c3ccccc3)o2)cc1.Cc1oc(-c2ccc(C(F)(F)F)cc2)nc1I. The number of hydrogen-bond donors (Lipinski definition) is 0. The maximum absolute atomic E-state index is 12.3. The number of oxazole rings is 2. The van der Waals surface area contributed by atoms with Crippen LogP contribution in [0, 0.1) is 17.5 Å². The lowest BCUT2D eigenvalue weighted by atomic mass is 10.1. The van der Waals surface area contributed by atoms with Crippen LogP contribution in [0.2, 0.25) is 0 Å². The Morgan fingerprint density at radius 3 is 1.81 bits per heavy atom. The largest absolute Gasteiger partial charge is 0.440 e. The van der Waals surface area contributed by atoms with Crippen molar-refractivity contribution in [3.05, 3.63) is 105 Å². The standard InChI is InChI=1S/C17H14INO.C11H7F3INO/c1-12-7-9-14(10-8-12)17-19-15(11-18)16(20-17)13-5-3-2-4-6-13;1-6-9(15)16-10(17-6)7-2-4-8(5-3-7)11(12,13)14/h2-10H,11H2,1H3;2-5H,1H3. The molecule has 9 heteroatoms. The fraction of sp³-hybridized carbons (Fsp3) is 0.143. The Bertz CT molecular complexity index is 1440. The van der Waals surface area contributed by atoms with Gasteiger partial charge in [0.15, 0.2) is 5.76 Å². The summed E-state index contributed by atoms with van der Waals surface area (Å²) in [4.78, 5) is 8.74. The third-order valence-corrected chi connectivity index (χ3v) is 7.08. The Morgan fingerprint density at radius 1 is 0.730 bits per heavy atom. The van der Waals surface area contributed by atoms with Gasteiger partial charge in [0.2, 0.25) is 11.8 Å². The molecule has 0 fully saturated rings. The van der Waals surface area contributed by atoms with Crippen molar-refractivity contribution in [1.29, 1.82) is 0 Å². The van der Waals surface area contributed by atoms with E-state index in [1.54, 1.807) is 6.92 Å². The normalized spacial score (nSPS) is 11.2. The molecule has 190 valence electrons. The second-order valence-corrected chi connectivity index (χ2v) is 9.89. The zero-order chi connectivity index (χ0) is 26.6. The summed E-state index contributed by atoms with van der Waals surface area (Å²) in [7, 11) is 0. The zero-order valence-electron chi connectivity index (χ0n) is 19.8. The fourth-order valence-electron chi connectivity index (χ4n) is 3.38. The molecule has 2 aromatic heterocycles. The first-order chi connectivity index (χ1) is 17.7. The van der Waals surface area contributed by atoms with Crippen LogP contribution in [0.5, 0.6) is 0 Å². The maximum atomic E-state index is 12.3. The van der Waals surface area contributed by atoms with Crippen molar-refractivity contribution in [2.75, 3.05) is 0 Å². The Balaban J connectivity index is 0.000000176. The molecule has 0 unspecified atom stereocenters. The third-order valence-electron chi connectivity index (χ3n) is 5.36. The molecule has 3 aromatic carbocycles. The molecule has 5 aromatic rings. The summed E-state index contributed by atoms with van der Waals surface area (Å²) in [6.45, 7) is 3.83. The van der Waals surface area contributed by atoms with Crippen LogP contribution in [0.4, 0.5) is 13.2 Å². The minimum atomic E-state index is -4.32. The van der Waals surface area contributed by atoms with E-state index in [4.69, 9.17) is 8.83 Å². The molecular formula is C28H21F3I2N2O2. The lowest BCUT2D eigenvalue weighted by Gasteiger charge is -2.05. The lowest BCUT2D eigenvalue weighted by molar-refractivity contribution is -0.137. The van der Waals surface area contributed by atoms with Crippen molar-refractivity contribution >= 4 is 45.2 Å². The minimum Gasteiger partial charge on any atom is -0.440 e. The van der Waals surface area contributed by atoms with E-state index in [1.165, 1.54) is 17.7 Å². The van der Waals surface area contributed by atoms with E-state index >= 15 is 0 Å². The number of aromatic nitrogens is 2. The first kappa shape index (κ1) is 27.4. The Labute approximate surface area is 239 Å². The van der Waals surface area contributed by atoms with Crippen molar-refractivity contribution in [2.24, 2.45) is 0 Å². The number of aryl methyl sites for hydroxylation is 2. The van der Waals surface area contributed by atoms with E-state index in [9.17, 15) is 13.2 Å². The predicted molar refractivity (Wildman–Crippen MR) is 154 cm³/mol. The Hall–Kier alpha value is -2.67. The topological polar surface area (TPSA) is 52.1 Å². The van der Waals surface area contributed by atoms with Crippen molar-refractivity contribution in [3.63, 3.8) is 0 Å². The highest BCUT2D eigenvalue weighted by molar-refractivity contribution is 14.1. The van der Waals surface area contributed by atoms with Crippen LogP contribution in [0.1, 0.15) is 22.6 Å². The van der Waals surface area contributed by atoms with Gasteiger partial charge >= 0.3 is 6.18 Å². The molecule has 0 amide bonds. The van der Waals surface area contributed by atoms with Gasteiger partial charge in [-0.25, -0.2) is 9.97 Å². The molecular weight excluding hydrogens is 707 g/mol. The van der Waals surface area contributed by atoms with Gasteiger partial charge in [-0.1, -0.05) is 70.6 Å². The van der Waals surface area contributed by atoms with Gasteiger partial charge in [0.1, 0.15) is 9.46 Å². The second kappa shape index (κ2) is 11.8. The van der Waals surface area contributed by atoms with Crippen molar-refractivity contribution < 1.29 is 22.0 Å². The van der Waals surface area contributed by atoms with E-state index in [-0.39, 0.29) is 0 Å². The Morgan fingerprint density at radius 2 is 1.30 bits per heavy atom. The molecule has 0 aliphatic rings.